The summed E-state index contributed by atoms with van der Waals surface area (Å²) in [7, 11) is 1.26. The van der Waals surface area contributed by atoms with Crippen LogP contribution in [0, 0.1) is 0 Å². The van der Waals surface area contributed by atoms with Crippen molar-refractivity contribution in [1.29, 1.82) is 0 Å². The number of carbonyl (C=O) groups excluding carboxylic acids is 2. The molecule has 3 aromatic rings. The third-order valence-electron chi connectivity index (χ3n) is 4.18. The minimum atomic E-state index is -0.566. The third kappa shape index (κ3) is 4.85. The monoisotopic (exact) mass is 430 g/mol. The molecule has 3 rings (SSSR count). The summed E-state index contributed by atoms with van der Waals surface area (Å²) in [5.74, 6) is -1.04. The first-order chi connectivity index (χ1) is 13.9. The molecule has 0 bridgehead atoms. The summed E-state index contributed by atoms with van der Waals surface area (Å²) in [6.07, 6.45) is 1.43. The van der Waals surface area contributed by atoms with Crippen LogP contribution in [0.15, 0.2) is 65.6 Å². The largest absolute Gasteiger partial charge is 0.465 e. The van der Waals surface area contributed by atoms with E-state index in [2.05, 4.69) is 5.32 Å². The van der Waals surface area contributed by atoms with E-state index in [1.54, 1.807) is 42.5 Å². The molecule has 0 saturated heterocycles. The van der Waals surface area contributed by atoms with Crippen LogP contribution in [0.5, 0.6) is 0 Å². The zero-order valence-electron chi connectivity index (χ0n) is 15.3. The number of benzene rings is 2. The standard InChI is InChI=1S/C21H16Cl2N2O4/c1-29-21(28)16-4-2-3-5-18(16)24-20(27)14-7-9-19(26)25(12-14)11-13-6-8-15(22)10-17(13)23/h2-10,12H,11H2,1H3,(H,24,27). The molecule has 0 fully saturated rings. The second kappa shape index (κ2) is 8.94. The first kappa shape index (κ1) is 20.6. The maximum atomic E-state index is 12.7. The van der Waals surface area contributed by atoms with Gasteiger partial charge in [-0.3, -0.25) is 9.59 Å². The van der Waals surface area contributed by atoms with Gasteiger partial charge >= 0.3 is 5.97 Å². The normalized spacial score (nSPS) is 10.4. The van der Waals surface area contributed by atoms with Gasteiger partial charge in [0.05, 0.1) is 30.5 Å². The molecule has 0 aliphatic heterocycles. The predicted molar refractivity (Wildman–Crippen MR) is 112 cm³/mol. The molecule has 8 heteroatoms. The number of methoxy groups -OCH3 is 1. The van der Waals surface area contributed by atoms with Crippen LogP contribution in [-0.4, -0.2) is 23.6 Å². The molecule has 148 valence electrons. The number of amides is 1. The van der Waals surface area contributed by atoms with Crippen LogP contribution in [0.4, 0.5) is 5.69 Å². The smallest absolute Gasteiger partial charge is 0.339 e. The second-order valence-corrected chi connectivity index (χ2v) is 6.95. The molecule has 1 amide bonds. The number of hydrogen-bond donors (Lipinski definition) is 1. The fourth-order valence-electron chi connectivity index (χ4n) is 2.70. The number of pyridine rings is 1. The number of nitrogens with zero attached hydrogens (tertiary/aromatic N) is 1. The average Bonchev–Trinajstić information content (AvgIpc) is 2.71. The Morgan fingerprint density at radius 3 is 2.55 bits per heavy atom. The summed E-state index contributed by atoms with van der Waals surface area (Å²) in [5.41, 5.74) is 1.18. The molecule has 2 aromatic carbocycles. The highest BCUT2D eigenvalue weighted by Gasteiger charge is 2.15. The molecule has 0 unspecified atom stereocenters. The van der Waals surface area contributed by atoms with Crippen molar-refractivity contribution in [3.63, 3.8) is 0 Å². The van der Waals surface area contributed by atoms with E-state index in [0.717, 1.165) is 0 Å². The van der Waals surface area contributed by atoms with Crippen LogP contribution in [0.1, 0.15) is 26.3 Å². The van der Waals surface area contributed by atoms with Crippen molar-refractivity contribution >= 4 is 40.8 Å². The summed E-state index contributed by atoms with van der Waals surface area (Å²) in [4.78, 5) is 36.8. The number of para-hydroxylation sites is 1. The Morgan fingerprint density at radius 2 is 1.83 bits per heavy atom. The topological polar surface area (TPSA) is 77.4 Å². The van der Waals surface area contributed by atoms with E-state index < -0.39 is 11.9 Å². The van der Waals surface area contributed by atoms with E-state index in [0.29, 0.717) is 21.3 Å². The average molecular weight is 431 g/mol. The Hall–Kier alpha value is -3.09. The molecule has 0 radical (unpaired) electrons. The molecule has 0 aliphatic carbocycles. The van der Waals surface area contributed by atoms with Gasteiger partial charge < -0.3 is 14.6 Å². The second-order valence-electron chi connectivity index (χ2n) is 6.11. The van der Waals surface area contributed by atoms with Crippen LogP contribution >= 0.6 is 23.2 Å². The number of aromatic nitrogens is 1. The highest BCUT2D eigenvalue weighted by Crippen LogP contribution is 2.22. The minimum absolute atomic E-state index is 0.175. The van der Waals surface area contributed by atoms with Crippen LogP contribution in [0.2, 0.25) is 10.0 Å². The van der Waals surface area contributed by atoms with Gasteiger partial charge in [0, 0.05) is 22.3 Å². The summed E-state index contributed by atoms with van der Waals surface area (Å²) < 4.78 is 6.10. The van der Waals surface area contributed by atoms with Gasteiger partial charge in [0.15, 0.2) is 0 Å². The summed E-state index contributed by atoms with van der Waals surface area (Å²) in [5, 5.41) is 3.58. The number of rotatable bonds is 5. The first-order valence-corrected chi connectivity index (χ1v) is 9.27. The number of esters is 1. The van der Waals surface area contributed by atoms with Crippen molar-refractivity contribution in [2.24, 2.45) is 0 Å². The quantitative estimate of drug-likeness (QED) is 0.613. The van der Waals surface area contributed by atoms with E-state index in [1.165, 1.54) is 30.0 Å². The molecule has 0 spiro atoms. The number of carbonyl (C=O) groups is 2. The minimum Gasteiger partial charge on any atom is -0.465 e. The molecule has 29 heavy (non-hydrogen) atoms. The number of anilines is 1. The van der Waals surface area contributed by atoms with E-state index in [1.807, 2.05) is 0 Å². The molecule has 1 N–H and O–H groups in total. The molecular weight excluding hydrogens is 415 g/mol. The van der Waals surface area contributed by atoms with Gasteiger partial charge in [0.25, 0.3) is 11.5 Å². The van der Waals surface area contributed by atoms with Crippen molar-refractivity contribution in [1.82, 2.24) is 4.57 Å². The third-order valence-corrected chi connectivity index (χ3v) is 4.77. The van der Waals surface area contributed by atoms with Gasteiger partial charge in [0.2, 0.25) is 0 Å². The zero-order chi connectivity index (χ0) is 21.0. The molecule has 6 nitrogen and oxygen atoms in total. The summed E-state index contributed by atoms with van der Waals surface area (Å²) in [6, 6.07) is 14.2. The molecule has 0 saturated carbocycles. The van der Waals surface area contributed by atoms with Gasteiger partial charge in [-0.05, 0) is 35.9 Å². The van der Waals surface area contributed by atoms with Crippen molar-refractivity contribution in [2.75, 3.05) is 12.4 Å². The Kier molecular flexibility index (Phi) is 6.36. The number of nitrogens with one attached hydrogen (secondary N) is 1. The van der Waals surface area contributed by atoms with Crippen LogP contribution < -0.4 is 10.9 Å². The highest BCUT2D eigenvalue weighted by molar-refractivity contribution is 6.35. The lowest BCUT2D eigenvalue weighted by Crippen LogP contribution is -2.23. The van der Waals surface area contributed by atoms with Crippen LogP contribution in [-0.2, 0) is 11.3 Å². The van der Waals surface area contributed by atoms with Crippen molar-refractivity contribution in [2.45, 2.75) is 6.54 Å². The number of hydrogen-bond acceptors (Lipinski definition) is 4. The predicted octanol–water partition coefficient (Wildman–Crippen LogP) is 4.24. The fourth-order valence-corrected chi connectivity index (χ4v) is 3.17. The maximum Gasteiger partial charge on any atom is 0.339 e. The van der Waals surface area contributed by atoms with Gasteiger partial charge in [-0.1, -0.05) is 41.4 Å². The Bertz CT molecular complexity index is 1140. The van der Waals surface area contributed by atoms with Gasteiger partial charge in [0.1, 0.15) is 0 Å². The zero-order valence-corrected chi connectivity index (χ0v) is 16.8. The molecule has 1 aromatic heterocycles. The molecule has 0 atom stereocenters. The molecule has 0 aliphatic rings. The number of ether oxygens (including phenoxy) is 1. The molecular formula is C21H16Cl2N2O4. The van der Waals surface area contributed by atoms with Gasteiger partial charge in [-0.2, -0.15) is 0 Å². The van der Waals surface area contributed by atoms with E-state index in [9.17, 15) is 14.4 Å². The van der Waals surface area contributed by atoms with E-state index >= 15 is 0 Å². The van der Waals surface area contributed by atoms with Crippen molar-refractivity contribution < 1.29 is 14.3 Å². The lowest BCUT2D eigenvalue weighted by Gasteiger charge is -2.12. The van der Waals surface area contributed by atoms with E-state index in [-0.39, 0.29) is 23.2 Å². The lowest BCUT2D eigenvalue weighted by molar-refractivity contribution is 0.0602. The van der Waals surface area contributed by atoms with Crippen molar-refractivity contribution in [3.8, 4) is 0 Å². The summed E-state index contributed by atoms with van der Waals surface area (Å²) in [6.45, 7) is 0.175. The SMILES string of the molecule is COC(=O)c1ccccc1NC(=O)c1ccc(=O)n(Cc2ccc(Cl)cc2Cl)c1. The van der Waals surface area contributed by atoms with Crippen molar-refractivity contribution in [3.05, 3.63) is 97.9 Å². The van der Waals surface area contributed by atoms with E-state index in [4.69, 9.17) is 27.9 Å². The van der Waals surface area contributed by atoms with Gasteiger partial charge in [-0.15, -0.1) is 0 Å². The van der Waals surface area contributed by atoms with Gasteiger partial charge in [-0.25, -0.2) is 4.79 Å². The maximum absolute atomic E-state index is 12.7. The Labute approximate surface area is 176 Å². The Morgan fingerprint density at radius 1 is 1.07 bits per heavy atom. The highest BCUT2D eigenvalue weighted by atomic mass is 35.5. The van der Waals surface area contributed by atoms with Crippen LogP contribution in [0.3, 0.4) is 0 Å². The lowest BCUT2D eigenvalue weighted by atomic mass is 10.1. The van der Waals surface area contributed by atoms with Crippen LogP contribution in [0.25, 0.3) is 0 Å². The molecule has 1 heterocycles. The number of halogens is 2. The first-order valence-electron chi connectivity index (χ1n) is 8.52. The Balaban J connectivity index is 1.87. The fraction of sp³-hybridized carbons (Fsp3) is 0.0952. The summed E-state index contributed by atoms with van der Waals surface area (Å²) >= 11 is 12.1.